The number of carbonyl (C=O) groups excluding carboxylic acids is 1. The summed E-state index contributed by atoms with van der Waals surface area (Å²) in [6, 6.07) is 20.1. The van der Waals surface area contributed by atoms with E-state index in [4.69, 9.17) is 14.5 Å². The van der Waals surface area contributed by atoms with Crippen molar-refractivity contribution in [1.82, 2.24) is 0 Å². The van der Waals surface area contributed by atoms with Crippen LogP contribution in [0.4, 0.5) is 11.4 Å². The molecule has 1 amide bonds. The van der Waals surface area contributed by atoms with Crippen molar-refractivity contribution in [1.29, 1.82) is 0 Å². The van der Waals surface area contributed by atoms with E-state index in [1.165, 1.54) is 22.9 Å². The van der Waals surface area contributed by atoms with Gasteiger partial charge in [0.1, 0.15) is 6.61 Å². The highest BCUT2D eigenvalue weighted by molar-refractivity contribution is 14.1. The van der Waals surface area contributed by atoms with Crippen LogP contribution in [0.1, 0.15) is 37.5 Å². The Morgan fingerprint density at radius 3 is 2.24 bits per heavy atom. The minimum absolute atomic E-state index is 0.108. The van der Waals surface area contributed by atoms with Gasteiger partial charge in [-0.15, -0.1) is 0 Å². The van der Waals surface area contributed by atoms with Crippen molar-refractivity contribution in [3.8, 4) is 11.5 Å². The number of nitrogens with zero attached hydrogens (tertiary/aromatic N) is 2. The van der Waals surface area contributed by atoms with Crippen LogP contribution in [-0.4, -0.2) is 24.3 Å². The number of halogens is 1. The number of amides is 1. The number of amidine groups is 1. The van der Waals surface area contributed by atoms with Crippen molar-refractivity contribution in [3.05, 3.63) is 98.5 Å². The van der Waals surface area contributed by atoms with Gasteiger partial charge in [0.15, 0.2) is 16.7 Å². The minimum Gasteiger partial charge on any atom is -0.490 e. The molecule has 4 rings (SSSR count). The number of aryl methyl sites for hydroxylation is 2. The molecular weight excluding hydrogens is 607 g/mol. The molecule has 1 aliphatic heterocycles. The Balaban J connectivity index is 1.75. The lowest BCUT2D eigenvalue weighted by molar-refractivity contribution is -0.113. The molecule has 1 fully saturated rings. The van der Waals surface area contributed by atoms with E-state index < -0.39 is 0 Å². The molecule has 1 heterocycles. The van der Waals surface area contributed by atoms with Gasteiger partial charge in [0.05, 0.1) is 26.5 Å². The summed E-state index contributed by atoms with van der Waals surface area (Å²) in [6.45, 7) is 10.8. The molecule has 0 aromatic heterocycles. The van der Waals surface area contributed by atoms with Crippen LogP contribution in [0.2, 0.25) is 0 Å². The molecule has 196 valence electrons. The fraction of sp³-hybridized carbons (Fsp3) is 0.226. The van der Waals surface area contributed by atoms with Gasteiger partial charge in [0.25, 0.3) is 5.91 Å². The lowest BCUT2D eigenvalue weighted by Gasteiger charge is -2.16. The summed E-state index contributed by atoms with van der Waals surface area (Å²) >= 11 is 3.61. The quantitative estimate of drug-likeness (QED) is 0.128. The van der Waals surface area contributed by atoms with E-state index in [1.807, 2.05) is 49.4 Å². The maximum Gasteiger partial charge on any atom is 0.271 e. The van der Waals surface area contributed by atoms with Crippen molar-refractivity contribution >= 4 is 62.9 Å². The average molecular weight is 639 g/mol. The van der Waals surface area contributed by atoms with Gasteiger partial charge < -0.3 is 9.47 Å². The highest BCUT2D eigenvalue weighted by Crippen LogP contribution is 2.40. The van der Waals surface area contributed by atoms with Crippen LogP contribution in [0.3, 0.4) is 0 Å². The van der Waals surface area contributed by atoms with Gasteiger partial charge in [0, 0.05) is 0 Å². The fourth-order valence-corrected chi connectivity index (χ4v) is 5.72. The number of anilines is 1. The average Bonchev–Trinajstić information content (AvgIpc) is 3.22. The largest absolute Gasteiger partial charge is 0.490 e. The van der Waals surface area contributed by atoms with Crippen LogP contribution in [0.25, 0.3) is 6.08 Å². The topological polar surface area (TPSA) is 51.1 Å². The zero-order valence-corrected chi connectivity index (χ0v) is 24.8. The molecule has 3 aromatic carbocycles. The SMILES string of the molecule is C=CCOc1c(I)cc(/C=C2\SC(=Nc3ccc(CC)cc3)N(c3ccc(CC)cc3)C2=O)cc1OCC. The standard InChI is InChI=1S/C31H31IN2O3S/c1-5-17-37-29-26(32)18-23(19-27(29)36-8-4)20-28-30(35)34(25-15-11-22(7-3)12-16-25)31(38-28)33-24-13-9-21(6-2)10-14-24/h5,9-16,18-20H,1,6-8,17H2,2-4H3/b28-20-,33-31?. The second kappa shape index (κ2) is 13.2. The van der Waals surface area contributed by atoms with Crippen molar-refractivity contribution in [2.75, 3.05) is 18.1 Å². The normalized spacial score (nSPS) is 15.4. The Morgan fingerprint density at radius 1 is 0.974 bits per heavy atom. The van der Waals surface area contributed by atoms with Crippen molar-refractivity contribution in [2.24, 2.45) is 4.99 Å². The van der Waals surface area contributed by atoms with Crippen LogP contribution >= 0.6 is 34.4 Å². The number of benzene rings is 3. The number of rotatable bonds is 10. The monoisotopic (exact) mass is 638 g/mol. The third-order valence-electron chi connectivity index (χ3n) is 5.95. The molecular formula is C31H31IN2O3S. The fourth-order valence-electron chi connectivity index (χ4n) is 3.94. The Hall–Kier alpha value is -3.04. The lowest BCUT2D eigenvalue weighted by Crippen LogP contribution is -2.28. The van der Waals surface area contributed by atoms with Crippen molar-refractivity contribution in [2.45, 2.75) is 33.6 Å². The number of aliphatic imine (C=N–C) groups is 1. The summed E-state index contributed by atoms with van der Waals surface area (Å²) in [5, 5.41) is 0.625. The van der Waals surface area contributed by atoms with Gasteiger partial charge >= 0.3 is 0 Å². The smallest absolute Gasteiger partial charge is 0.271 e. The van der Waals surface area contributed by atoms with Crippen LogP contribution in [-0.2, 0) is 17.6 Å². The summed E-state index contributed by atoms with van der Waals surface area (Å²) in [5.41, 5.74) is 4.93. The molecule has 0 unspecified atom stereocenters. The van der Waals surface area contributed by atoms with E-state index in [0.717, 1.165) is 33.4 Å². The molecule has 0 N–H and O–H groups in total. The zero-order chi connectivity index (χ0) is 27.1. The van der Waals surface area contributed by atoms with E-state index in [-0.39, 0.29) is 5.91 Å². The lowest BCUT2D eigenvalue weighted by atomic mass is 10.1. The minimum atomic E-state index is -0.108. The van der Waals surface area contributed by atoms with Gasteiger partial charge in [-0.3, -0.25) is 9.69 Å². The highest BCUT2D eigenvalue weighted by Gasteiger charge is 2.35. The predicted molar refractivity (Wildman–Crippen MR) is 168 cm³/mol. The summed E-state index contributed by atoms with van der Waals surface area (Å²) in [7, 11) is 0. The summed E-state index contributed by atoms with van der Waals surface area (Å²) in [6.07, 6.45) is 5.50. The first kappa shape index (κ1) is 28.0. The Labute approximate surface area is 242 Å². The Morgan fingerprint density at radius 2 is 1.63 bits per heavy atom. The molecule has 3 aromatic rings. The number of ether oxygens (including phenoxy) is 2. The number of thioether (sulfide) groups is 1. The first-order valence-electron chi connectivity index (χ1n) is 12.7. The van der Waals surface area contributed by atoms with Crippen LogP contribution in [0.15, 0.2) is 83.2 Å². The van der Waals surface area contributed by atoms with E-state index in [9.17, 15) is 4.79 Å². The van der Waals surface area contributed by atoms with Gasteiger partial charge in [0.2, 0.25) is 0 Å². The Kier molecular flexibility index (Phi) is 9.69. The van der Waals surface area contributed by atoms with Gasteiger partial charge in [-0.1, -0.05) is 50.8 Å². The Bertz CT molecular complexity index is 1370. The van der Waals surface area contributed by atoms with Gasteiger partial charge in [-0.05, 0) is 113 Å². The van der Waals surface area contributed by atoms with E-state index in [2.05, 4.69) is 67.3 Å². The van der Waals surface area contributed by atoms with E-state index >= 15 is 0 Å². The van der Waals surface area contributed by atoms with Crippen LogP contribution in [0.5, 0.6) is 11.5 Å². The molecule has 0 atom stereocenters. The van der Waals surface area contributed by atoms with Gasteiger partial charge in [-0.25, -0.2) is 4.99 Å². The second-order valence-electron chi connectivity index (χ2n) is 8.55. The molecule has 38 heavy (non-hydrogen) atoms. The van der Waals surface area contributed by atoms with Crippen LogP contribution < -0.4 is 14.4 Å². The highest BCUT2D eigenvalue weighted by atomic mass is 127. The van der Waals surface area contributed by atoms with Crippen molar-refractivity contribution in [3.63, 3.8) is 0 Å². The first-order chi connectivity index (χ1) is 18.5. The molecule has 0 spiro atoms. The number of carbonyl (C=O) groups is 1. The molecule has 5 nitrogen and oxygen atoms in total. The van der Waals surface area contributed by atoms with E-state index in [1.54, 1.807) is 11.0 Å². The summed E-state index contributed by atoms with van der Waals surface area (Å²) in [5.74, 6) is 1.21. The summed E-state index contributed by atoms with van der Waals surface area (Å²) < 4.78 is 12.6. The van der Waals surface area contributed by atoms with Crippen LogP contribution in [0, 0.1) is 3.57 Å². The molecule has 7 heteroatoms. The third kappa shape index (κ3) is 6.50. The van der Waals surface area contributed by atoms with E-state index in [0.29, 0.717) is 34.8 Å². The first-order valence-corrected chi connectivity index (χ1v) is 14.6. The number of hydrogen-bond donors (Lipinski definition) is 0. The molecule has 0 aliphatic carbocycles. The summed E-state index contributed by atoms with van der Waals surface area (Å²) in [4.78, 5) is 20.9. The predicted octanol–water partition coefficient (Wildman–Crippen LogP) is 8.19. The van der Waals surface area contributed by atoms with Crippen molar-refractivity contribution < 1.29 is 14.3 Å². The van der Waals surface area contributed by atoms with Gasteiger partial charge in [-0.2, -0.15) is 0 Å². The molecule has 0 bridgehead atoms. The molecule has 1 aliphatic rings. The molecule has 0 saturated carbocycles. The maximum atomic E-state index is 13.8. The molecule has 0 radical (unpaired) electrons. The third-order valence-corrected chi connectivity index (χ3v) is 7.72. The molecule has 1 saturated heterocycles. The number of hydrogen-bond acceptors (Lipinski definition) is 5. The zero-order valence-electron chi connectivity index (χ0n) is 21.9. The maximum absolute atomic E-state index is 13.8. The second-order valence-corrected chi connectivity index (χ2v) is 10.7.